The van der Waals surface area contributed by atoms with Gasteiger partial charge in [-0.15, -0.1) is 0 Å². The van der Waals surface area contributed by atoms with Gasteiger partial charge in [0.2, 0.25) is 15.8 Å². The zero-order chi connectivity index (χ0) is 18.9. The van der Waals surface area contributed by atoms with Crippen molar-refractivity contribution in [1.29, 1.82) is 0 Å². The maximum atomic E-state index is 13.9. The molecule has 2 aromatic carbocycles. The maximum Gasteiger partial charge on any atom is 0.324 e. The van der Waals surface area contributed by atoms with Crippen LogP contribution >= 0.6 is 0 Å². The van der Waals surface area contributed by atoms with Crippen molar-refractivity contribution in [3.8, 4) is 0 Å². The molecule has 7 nitrogen and oxygen atoms in total. The van der Waals surface area contributed by atoms with Gasteiger partial charge in [-0.1, -0.05) is 36.4 Å². The van der Waals surface area contributed by atoms with Crippen LogP contribution in [-0.2, 0) is 10.0 Å². The van der Waals surface area contributed by atoms with Crippen LogP contribution in [0.2, 0.25) is 0 Å². The van der Waals surface area contributed by atoms with Gasteiger partial charge in [0.25, 0.3) is 0 Å². The van der Waals surface area contributed by atoms with Crippen LogP contribution in [0, 0.1) is 21.8 Å². The highest BCUT2D eigenvalue weighted by atomic mass is 32.2. The number of nitrogens with zero attached hydrogens (tertiary/aromatic N) is 2. The maximum absolute atomic E-state index is 13.9. The highest BCUT2D eigenvalue weighted by Gasteiger charge is 2.42. The zero-order valence-corrected chi connectivity index (χ0v) is 14.6. The van der Waals surface area contributed by atoms with E-state index in [4.69, 9.17) is 5.73 Å². The Morgan fingerprint density at radius 1 is 1.15 bits per heavy atom. The van der Waals surface area contributed by atoms with Gasteiger partial charge in [0.1, 0.15) is 0 Å². The van der Waals surface area contributed by atoms with Crippen molar-refractivity contribution < 1.29 is 17.7 Å². The quantitative estimate of drug-likeness (QED) is 0.632. The molecule has 138 valence electrons. The van der Waals surface area contributed by atoms with Crippen molar-refractivity contribution in [3.05, 3.63) is 70.0 Å². The molecule has 0 unspecified atom stereocenters. The minimum Gasteiger partial charge on any atom is -0.330 e. The van der Waals surface area contributed by atoms with Gasteiger partial charge < -0.3 is 5.73 Å². The predicted molar refractivity (Wildman–Crippen MR) is 93.5 cm³/mol. The zero-order valence-electron chi connectivity index (χ0n) is 13.8. The van der Waals surface area contributed by atoms with Crippen LogP contribution in [0.25, 0.3) is 0 Å². The van der Waals surface area contributed by atoms with E-state index in [-0.39, 0.29) is 31.5 Å². The summed E-state index contributed by atoms with van der Waals surface area (Å²) in [5.41, 5.74) is 5.74. The molecule has 3 rings (SSSR count). The molecule has 1 fully saturated rings. The fraction of sp³-hybridized carbons (Fsp3) is 0.294. The van der Waals surface area contributed by atoms with Gasteiger partial charge in [-0.05, 0) is 30.2 Å². The molecule has 2 atom stereocenters. The Balaban J connectivity index is 1.99. The first-order valence-electron chi connectivity index (χ1n) is 8.04. The monoisotopic (exact) mass is 379 g/mol. The van der Waals surface area contributed by atoms with E-state index in [1.807, 2.05) is 30.3 Å². The van der Waals surface area contributed by atoms with Crippen molar-refractivity contribution >= 4 is 15.7 Å². The molecule has 0 saturated carbocycles. The van der Waals surface area contributed by atoms with Crippen LogP contribution in [-0.4, -0.2) is 37.3 Å². The Morgan fingerprint density at radius 3 is 2.46 bits per heavy atom. The van der Waals surface area contributed by atoms with Gasteiger partial charge >= 0.3 is 5.69 Å². The van der Waals surface area contributed by atoms with Crippen LogP contribution in [0.5, 0.6) is 0 Å². The van der Waals surface area contributed by atoms with E-state index in [0.29, 0.717) is 0 Å². The number of benzene rings is 2. The Bertz CT molecular complexity index is 921. The lowest BCUT2D eigenvalue weighted by Gasteiger charge is -2.17. The number of nitrogens with two attached hydrogens (primary N) is 1. The summed E-state index contributed by atoms with van der Waals surface area (Å²) >= 11 is 0. The normalized spacial score (nSPS) is 21.0. The largest absolute Gasteiger partial charge is 0.330 e. The van der Waals surface area contributed by atoms with Crippen LogP contribution in [0.1, 0.15) is 11.5 Å². The second kappa shape index (κ2) is 7.10. The predicted octanol–water partition coefficient (Wildman–Crippen LogP) is 2.10. The molecule has 0 amide bonds. The number of halogens is 1. The SMILES string of the molecule is NC[C@@H]1CN(S(=O)(=O)c2cccc(F)c2[N+](=O)[O-])C[C@H]1c1ccccc1. The average molecular weight is 379 g/mol. The molecule has 1 heterocycles. The van der Waals surface area contributed by atoms with Gasteiger partial charge in [0.05, 0.1) is 4.92 Å². The third-order valence-corrected chi connectivity index (χ3v) is 6.55. The fourth-order valence-corrected chi connectivity index (χ4v) is 5.05. The molecule has 1 aliphatic heterocycles. The van der Waals surface area contributed by atoms with E-state index < -0.39 is 31.3 Å². The van der Waals surface area contributed by atoms with E-state index in [0.717, 1.165) is 28.1 Å². The lowest BCUT2D eigenvalue weighted by atomic mass is 9.89. The van der Waals surface area contributed by atoms with E-state index in [2.05, 4.69) is 0 Å². The first kappa shape index (κ1) is 18.4. The number of hydrogen-bond acceptors (Lipinski definition) is 5. The molecule has 1 aliphatic rings. The van der Waals surface area contributed by atoms with E-state index in [1.54, 1.807) is 0 Å². The Labute approximate surface area is 150 Å². The van der Waals surface area contributed by atoms with Crippen LogP contribution in [0.4, 0.5) is 10.1 Å². The summed E-state index contributed by atoms with van der Waals surface area (Å²) in [4.78, 5) is 9.53. The highest BCUT2D eigenvalue weighted by Crippen LogP contribution is 2.37. The molecule has 2 aromatic rings. The van der Waals surface area contributed by atoms with Crippen LogP contribution in [0.15, 0.2) is 53.4 Å². The molecular formula is C17H18FN3O4S. The minimum absolute atomic E-state index is 0.122. The molecule has 2 N–H and O–H groups in total. The lowest BCUT2D eigenvalue weighted by molar-refractivity contribution is -0.390. The van der Waals surface area contributed by atoms with Crippen molar-refractivity contribution in [1.82, 2.24) is 4.31 Å². The summed E-state index contributed by atoms with van der Waals surface area (Å²) in [7, 11) is -4.22. The summed E-state index contributed by atoms with van der Waals surface area (Å²) in [5.74, 6) is -1.42. The van der Waals surface area contributed by atoms with E-state index >= 15 is 0 Å². The number of nitro benzene ring substituents is 1. The number of hydrogen-bond donors (Lipinski definition) is 1. The van der Waals surface area contributed by atoms with Gasteiger partial charge in [-0.25, -0.2) is 8.42 Å². The third kappa shape index (κ3) is 3.20. The first-order valence-corrected chi connectivity index (χ1v) is 9.48. The summed E-state index contributed by atoms with van der Waals surface area (Å²) in [6, 6.07) is 12.5. The van der Waals surface area contributed by atoms with E-state index in [1.165, 1.54) is 0 Å². The van der Waals surface area contributed by atoms with Crippen molar-refractivity contribution in [3.63, 3.8) is 0 Å². The van der Waals surface area contributed by atoms with Gasteiger partial charge in [-0.2, -0.15) is 8.70 Å². The molecule has 0 radical (unpaired) electrons. The Morgan fingerprint density at radius 2 is 1.85 bits per heavy atom. The summed E-state index contributed by atoms with van der Waals surface area (Å²) in [6.45, 7) is 0.546. The Hall–Kier alpha value is -2.36. The van der Waals surface area contributed by atoms with E-state index in [9.17, 15) is 22.9 Å². The van der Waals surface area contributed by atoms with Gasteiger partial charge in [-0.3, -0.25) is 10.1 Å². The second-order valence-electron chi connectivity index (χ2n) is 6.18. The summed E-state index contributed by atoms with van der Waals surface area (Å²) in [6.07, 6.45) is 0. The number of para-hydroxylation sites is 1. The van der Waals surface area contributed by atoms with Crippen molar-refractivity contribution in [2.75, 3.05) is 19.6 Å². The molecule has 0 aromatic heterocycles. The van der Waals surface area contributed by atoms with Crippen LogP contribution < -0.4 is 5.73 Å². The smallest absolute Gasteiger partial charge is 0.324 e. The fourth-order valence-electron chi connectivity index (χ4n) is 3.36. The third-order valence-electron chi connectivity index (χ3n) is 4.69. The van der Waals surface area contributed by atoms with Gasteiger partial charge in [0, 0.05) is 19.0 Å². The van der Waals surface area contributed by atoms with Crippen molar-refractivity contribution in [2.45, 2.75) is 10.8 Å². The van der Waals surface area contributed by atoms with Gasteiger partial charge in [0.15, 0.2) is 4.90 Å². The molecule has 0 spiro atoms. The lowest BCUT2D eigenvalue weighted by Crippen LogP contribution is -2.30. The molecule has 0 aliphatic carbocycles. The highest BCUT2D eigenvalue weighted by molar-refractivity contribution is 7.89. The molecular weight excluding hydrogens is 361 g/mol. The number of rotatable bonds is 5. The molecule has 9 heteroatoms. The summed E-state index contributed by atoms with van der Waals surface area (Å²) in [5, 5.41) is 11.2. The minimum atomic E-state index is -4.22. The van der Waals surface area contributed by atoms with Crippen molar-refractivity contribution in [2.24, 2.45) is 11.7 Å². The Kier molecular flexibility index (Phi) is 5.03. The first-order chi connectivity index (χ1) is 12.4. The number of sulfonamides is 1. The molecule has 1 saturated heterocycles. The standard InChI is InChI=1S/C17H18FN3O4S/c18-15-7-4-8-16(17(15)21(22)23)26(24,25)20-10-13(9-19)14(11-20)12-5-2-1-3-6-12/h1-8,13-14H,9-11,19H2/t13-,14+/m1/s1. The topological polar surface area (TPSA) is 107 Å². The molecule has 0 bridgehead atoms. The average Bonchev–Trinajstić information content (AvgIpc) is 3.07. The number of nitro groups is 1. The summed E-state index contributed by atoms with van der Waals surface area (Å²) < 4.78 is 40.9. The molecule has 26 heavy (non-hydrogen) atoms. The second-order valence-corrected chi connectivity index (χ2v) is 8.09. The van der Waals surface area contributed by atoms with Crippen LogP contribution in [0.3, 0.4) is 0 Å².